The Morgan fingerprint density at radius 2 is 1.36 bits per heavy atom. The summed E-state index contributed by atoms with van der Waals surface area (Å²) in [5, 5.41) is 13.1. The van der Waals surface area contributed by atoms with Crippen molar-refractivity contribution in [1.29, 1.82) is 0 Å². The lowest BCUT2D eigenvalue weighted by Gasteiger charge is -2.28. The molecule has 0 unspecified atom stereocenters. The number of amides is 5. The van der Waals surface area contributed by atoms with Gasteiger partial charge in [0.25, 0.3) is 0 Å². The number of carbonyl (C=O) groups is 6. The van der Waals surface area contributed by atoms with Crippen LogP contribution in [0.3, 0.4) is 0 Å². The average Bonchev–Trinajstić information content (AvgIpc) is 3.71. The zero-order chi connectivity index (χ0) is 42.5. The molecule has 58 heavy (non-hydrogen) atoms. The van der Waals surface area contributed by atoms with Gasteiger partial charge >= 0.3 is 12.1 Å². The maximum absolute atomic E-state index is 14.1. The third-order valence-corrected chi connectivity index (χ3v) is 8.24. The number of carbonyl (C=O) groups excluding carboxylic acids is 6. The molecule has 0 aliphatic rings. The number of hydrogen-bond donors (Lipinski definition) is 8. The van der Waals surface area contributed by atoms with Crippen molar-refractivity contribution >= 4 is 41.7 Å². The number of alkyl carbamates (subject to hydrolysis) is 1. The number of guanidine groups is 1. The molecule has 0 fully saturated rings. The molecule has 0 saturated heterocycles. The van der Waals surface area contributed by atoms with Crippen LogP contribution in [0.4, 0.5) is 4.79 Å². The minimum absolute atomic E-state index is 0.0129. The summed E-state index contributed by atoms with van der Waals surface area (Å²) in [6.07, 6.45) is 2.22. The van der Waals surface area contributed by atoms with E-state index in [1.54, 1.807) is 75.4 Å². The molecule has 0 radical (unpaired) electrons. The fourth-order valence-corrected chi connectivity index (χ4v) is 5.25. The number of nitrogens with two attached hydrogens (primary N) is 2. The molecule has 19 nitrogen and oxygen atoms in total. The van der Waals surface area contributed by atoms with E-state index in [1.165, 1.54) is 19.6 Å². The van der Waals surface area contributed by atoms with Crippen LogP contribution in [0.5, 0.6) is 0 Å². The van der Waals surface area contributed by atoms with Crippen molar-refractivity contribution in [2.24, 2.45) is 16.5 Å². The summed E-state index contributed by atoms with van der Waals surface area (Å²) >= 11 is 0. The van der Waals surface area contributed by atoms with E-state index in [2.05, 4.69) is 46.3 Å². The van der Waals surface area contributed by atoms with Crippen molar-refractivity contribution in [3.05, 3.63) is 90.0 Å². The minimum atomic E-state index is -1.28. The highest BCUT2D eigenvalue weighted by Gasteiger charge is 2.32. The van der Waals surface area contributed by atoms with Crippen LogP contribution < -0.4 is 38.1 Å². The second-order valence-corrected chi connectivity index (χ2v) is 14.1. The molecular formula is C39H54N10O9. The van der Waals surface area contributed by atoms with Gasteiger partial charge in [0.1, 0.15) is 37.3 Å². The van der Waals surface area contributed by atoms with Crippen LogP contribution in [0.15, 0.2) is 78.2 Å². The molecule has 10 N–H and O–H groups in total. The molecule has 4 atom stereocenters. The topological polar surface area (TPSA) is 283 Å². The molecule has 19 heteroatoms. The third kappa shape index (κ3) is 17.5. The lowest BCUT2D eigenvalue weighted by molar-refractivity contribution is -0.142. The van der Waals surface area contributed by atoms with Gasteiger partial charge in [-0.2, -0.15) is 0 Å². The highest BCUT2D eigenvalue weighted by molar-refractivity contribution is 5.96. The molecule has 314 valence electrons. The van der Waals surface area contributed by atoms with Crippen molar-refractivity contribution in [2.45, 2.75) is 82.8 Å². The largest absolute Gasteiger partial charge is 0.468 e. The fraction of sp³-hybridized carbons (Fsp3) is 0.436. The van der Waals surface area contributed by atoms with Gasteiger partial charge in [-0.25, -0.2) is 9.78 Å². The molecule has 0 bridgehead atoms. The maximum atomic E-state index is 14.1. The molecule has 1 aromatic heterocycles. The molecule has 0 saturated carbocycles. The van der Waals surface area contributed by atoms with Gasteiger partial charge in [0.05, 0.1) is 25.6 Å². The van der Waals surface area contributed by atoms with E-state index in [1.807, 2.05) is 6.07 Å². The molecule has 3 rings (SSSR count). The molecule has 0 spiro atoms. The summed E-state index contributed by atoms with van der Waals surface area (Å²) in [4.78, 5) is 90.8. The summed E-state index contributed by atoms with van der Waals surface area (Å²) in [5.74, 6) is -3.83. The first-order valence-electron chi connectivity index (χ1n) is 18.6. The Morgan fingerprint density at radius 1 is 0.776 bits per heavy atom. The first kappa shape index (κ1) is 45.9. The number of imidazole rings is 1. The predicted molar refractivity (Wildman–Crippen MR) is 212 cm³/mol. The number of rotatable bonds is 22. The van der Waals surface area contributed by atoms with Crippen LogP contribution in [0.2, 0.25) is 0 Å². The summed E-state index contributed by atoms with van der Waals surface area (Å²) < 4.78 is 15.8. The number of aromatic nitrogens is 2. The first-order valence-corrected chi connectivity index (χ1v) is 18.6. The van der Waals surface area contributed by atoms with Gasteiger partial charge in [0.2, 0.25) is 23.6 Å². The van der Waals surface area contributed by atoms with Crippen LogP contribution in [-0.4, -0.2) is 108 Å². The number of aromatic amines is 1. The summed E-state index contributed by atoms with van der Waals surface area (Å²) in [6.45, 7) is 4.64. The summed E-state index contributed by atoms with van der Waals surface area (Å²) in [7, 11) is 1.17. The fourth-order valence-electron chi connectivity index (χ4n) is 5.25. The van der Waals surface area contributed by atoms with E-state index in [9.17, 15) is 28.8 Å². The Bertz CT molecular complexity index is 1800. The van der Waals surface area contributed by atoms with Crippen LogP contribution in [0, 0.1) is 0 Å². The monoisotopic (exact) mass is 806 g/mol. The van der Waals surface area contributed by atoms with Gasteiger partial charge in [-0.3, -0.25) is 29.0 Å². The standard InChI is InChI=1S/C39H54N10O9/c1-39(2,3)58-23-31(33(51)44-21-32(50)56-4)48-35(53)29(18-25-12-7-5-8-13-25)47-34(52)28(16-11-17-43-37(40)41)46-36(54)30(19-27-20-42-24-45-27)49-38(55)57-22-26-14-9-6-10-15-26/h5-10,12-15,20,24,28-31H,11,16-19,21-23H2,1-4H3,(H,42,45)(H,44,51)(H,46,54)(H,47,52)(H,48,53)(H,49,55)(H4,40,41,43)/t28-,29-,30-,31-/m0/s1. The second kappa shape index (κ2) is 23.5. The quantitative estimate of drug-likeness (QED) is 0.0291. The van der Waals surface area contributed by atoms with Crippen LogP contribution in [-0.2, 0) is 57.6 Å². The predicted octanol–water partition coefficient (Wildman–Crippen LogP) is 0.102. The number of benzene rings is 2. The highest BCUT2D eigenvalue weighted by Crippen LogP contribution is 2.10. The van der Waals surface area contributed by atoms with Crippen molar-refractivity contribution in [3.63, 3.8) is 0 Å². The van der Waals surface area contributed by atoms with Gasteiger partial charge in [0.15, 0.2) is 5.96 Å². The number of aliphatic imine (C=N–C) groups is 1. The summed E-state index contributed by atoms with van der Waals surface area (Å²) in [6, 6.07) is 12.7. The molecule has 0 aliphatic carbocycles. The number of methoxy groups -OCH3 is 1. The number of hydrogen-bond acceptors (Lipinski definition) is 11. The van der Waals surface area contributed by atoms with E-state index >= 15 is 0 Å². The van der Waals surface area contributed by atoms with Crippen molar-refractivity contribution in [3.8, 4) is 0 Å². The molecule has 2 aromatic carbocycles. The SMILES string of the molecule is COC(=O)CNC(=O)[C@H](COC(C)(C)C)NC(=O)[C@H](Cc1ccccc1)NC(=O)[C@H](CCCN=C(N)N)NC(=O)[C@H](Cc1cnc[nH]1)NC(=O)OCc1ccccc1. The number of ether oxygens (including phenoxy) is 3. The van der Waals surface area contributed by atoms with Crippen LogP contribution in [0.1, 0.15) is 50.4 Å². The van der Waals surface area contributed by atoms with Gasteiger partial charge in [-0.15, -0.1) is 0 Å². The Labute approximate surface area is 336 Å². The maximum Gasteiger partial charge on any atom is 0.408 e. The highest BCUT2D eigenvalue weighted by atomic mass is 16.5. The summed E-state index contributed by atoms with van der Waals surface area (Å²) in [5.41, 5.74) is 12.2. The van der Waals surface area contributed by atoms with Gasteiger partial charge < -0.3 is 57.2 Å². The molecular weight excluding hydrogens is 752 g/mol. The smallest absolute Gasteiger partial charge is 0.408 e. The van der Waals surface area contributed by atoms with E-state index in [0.29, 0.717) is 11.3 Å². The zero-order valence-corrected chi connectivity index (χ0v) is 33.1. The van der Waals surface area contributed by atoms with Crippen molar-refractivity contribution in [1.82, 2.24) is 36.6 Å². The minimum Gasteiger partial charge on any atom is -0.468 e. The number of nitrogens with zero attached hydrogens (tertiary/aromatic N) is 2. The lowest BCUT2D eigenvalue weighted by Crippen LogP contribution is -2.59. The Morgan fingerprint density at radius 3 is 1.95 bits per heavy atom. The number of esters is 1. The number of nitrogens with one attached hydrogen (secondary N) is 6. The Balaban J connectivity index is 1.87. The van der Waals surface area contributed by atoms with Crippen LogP contribution >= 0.6 is 0 Å². The normalized spacial score (nSPS) is 13.0. The lowest BCUT2D eigenvalue weighted by atomic mass is 10.0. The average molecular weight is 807 g/mol. The first-order chi connectivity index (χ1) is 27.6. The zero-order valence-electron chi connectivity index (χ0n) is 33.1. The van der Waals surface area contributed by atoms with Crippen molar-refractivity contribution < 1.29 is 43.0 Å². The van der Waals surface area contributed by atoms with Crippen molar-refractivity contribution in [2.75, 3.05) is 26.8 Å². The van der Waals surface area contributed by atoms with E-state index < -0.39 is 72.0 Å². The Kier molecular flexibility index (Phi) is 18.6. The van der Waals surface area contributed by atoms with E-state index in [4.69, 9.17) is 20.9 Å². The van der Waals surface area contributed by atoms with E-state index in [-0.39, 0.29) is 51.4 Å². The molecule has 5 amide bonds. The van der Waals surface area contributed by atoms with Crippen LogP contribution in [0.25, 0.3) is 0 Å². The molecule has 1 heterocycles. The number of H-pyrrole nitrogens is 1. The van der Waals surface area contributed by atoms with Gasteiger partial charge in [0, 0.05) is 31.3 Å². The second-order valence-electron chi connectivity index (χ2n) is 14.1. The Hall–Kier alpha value is -6.50. The third-order valence-electron chi connectivity index (χ3n) is 8.24. The van der Waals surface area contributed by atoms with Gasteiger partial charge in [-0.05, 0) is 44.7 Å². The van der Waals surface area contributed by atoms with E-state index in [0.717, 1.165) is 5.56 Å². The molecule has 3 aromatic rings. The molecule has 0 aliphatic heterocycles. The van der Waals surface area contributed by atoms with Gasteiger partial charge in [-0.1, -0.05) is 60.7 Å².